The average molecular weight is 410 g/mol. The summed E-state index contributed by atoms with van der Waals surface area (Å²) in [5.74, 6) is -1.64. The molecule has 2 aromatic carbocycles. The number of aliphatic carboxylic acids is 1. The first-order valence-corrected chi connectivity index (χ1v) is 9.85. The number of carboxylic acid groups (broad SMARTS) is 1. The van der Waals surface area contributed by atoms with Crippen molar-refractivity contribution in [1.82, 2.24) is 10.6 Å². The molecule has 0 radical (unpaired) electrons. The highest BCUT2D eigenvalue weighted by molar-refractivity contribution is 5.86. The topological polar surface area (TPSA) is 105 Å². The normalized spacial score (nSPS) is 13.7. The van der Waals surface area contributed by atoms with Gasteiger partial charge >= 0.3 is 12.1 Å². The maximum atomic E-state index is 12.2. The summed E-state index contributed by atoms with van der Waals surface area (Å²) in [6.45, 7) is 4.65. The lowest BCUT2D eigenvalue weighted by molar-refractivity contribution is -0.146. The van der Waals surface area contributed by atoms with Crippen LogP contribution in [0.5, 0.6) is 0 Å². The van der Waals surface area contributed by atoms with Crippen LogP contribution in [0, 0.1) is 0 Å². The molecule has 0 heterocycles. The number of ether oxygens (including phenoxy) is 1. The molecular weight excluding hydrogens is 384 g/mol. The summed E-state index contributed by atoms with van der Waals surface area (Å²) in [5, 5.41) is 14.1. The molecule has 0 spiro atoms. The van der Waals surface area contributed by atoms with Gasteiger partial charge in [-0.15, -0.1) is 0 Å². The van der Waals surface area contributed by atoms with E-state index in [0.717, 1.165) is 22.3 Å². The Hall–Kier alpha value is -3.35. The van der Waals surface area contributed by atoms with Crippen molar-refractivity contribution in [2.24, 2.45) is 0 Å². The van der Waals surface area contributed by atoms with Crippen molar-refractivity contribution in [2.75, 3.05) is 6.61 Å². The van der Waals surface area contributed by atoms with Crippen molar-refractivity contribution in [2.45, 2.75) is 44.7 Å². The second-order valence-electron chi connectivity index (χ2n) is 8.05. The Balaban J connectivity index is 1.55. The van der Waals surface area contributed by atoms with Gasteiger partial charge < -0.3 is 20.5 Å². The Kier molecular flexibility index (Phi) is 6.10. The average Bonchev–Trinajstić information content (AvgIpc) is 2.99. The highest BCUT2D eigenvalue weighted by Gasteiger charge is 2.30. The number of carbonyl (C=O) groups excluding carboxylic acids is 2. The number of amides is 2. The Morgan fingerprint density at radius 1 is 1.03 bits per heavy atom. The first-order valence-electron chi connectivity index (χ1n) is 9.85. The lowest BCUT2D eigenvalue weighted by Crippen LogP contribution is -2.51. The van der Waals surface area contributed by atoms with Gasteiger partial charge in [-0.3, -0.25) is 4.79 Å². The van der Waals surface area contributed by atoms with E-state index in [1.54, 1.807) is 6.92 Å². The number of carbonyl (C=O) groups is 3. The van der Waals surface area contributed by atoms with Crippen LogP contribution in [0.1, 0.15) is 44.2 Å². The van der Waals surface area contributed by atoms with E-state index in [-0.39, 0.29) is 18.9 Å². The van der Waals surface area contributed by atoms with Gasteiger partial charge in [-0.2, -0.15) is 0 Å². The van der Waals surface area contributed by atoms with Gasteiger partial charge in [0.15, 0.2) is 0 Å². The van der Waals surface area contributed by atoms with Crippen molar-refractivity contribution in [3.8, 4) is 11.1 Å². The van der Waals surface area contributed by atoms with Gasteiger partial charge in [-0.1, -0.05) is 48.5 Å². The van der Waals surface area contributed by atoms with Gasteiger partial charge in [0, 0.05) is 18.4 Å². The SMILES string of the molecule is C[C@H](CC(=O)NC(C)(C)C(=O)O)NC(=O)OCC1c2ccccc2-c2ccccc21. The zero-order chi connectivity index (χ0) is 21.9. The highest BCUT2D eigenvalue weighted by atomic mass is 16.5. The van der Waals surface area contributed by atoms with Gasteiger partial charge in [0.05, 0.1) is 0 Å². The van der Waals surface area contributed by atoms with Crippen LogP contribution in [0.4, 0.5) is 4.79 Å². The summed E-state index contributed by atoms with van der Waals surface area (Å²) >= 11 is 0. The zero-order valence-corrected chi connectivity index (χ0v) is 17.3. The van der Waals surface area contributed by atoms with E-state index in [2.05, 4.69) is 22.8 Å². The predicted octanol–water partition coefficient (Wildman–Crippen LogP) is 3.28. The van der Waals surface area contributed by atoms with Gasteiger partial charge in [0.25, 0.3) is 0 Å². The third-order valence-electron chi connectivity index (χ3n) is 5.19. The molecule has 0 aliphatic heterocycles. The Labute approximate surface area is 175 Å². The number of fused-ring (bicyclic) bond motifs is 3. The lowest BCUT2D eigenvalue weighted by Gasteiger charge is -2.22. The number of carboxylic acids is 1. The minimum Gasteiger partial charge on any atom is -0.480 e. The van der Waals surface area contributed by atoms with Gasteiger partial charge in [-0.25, -0.2) is 9.59 Å². The molecule has 158 valence electrons. The summed E-state index contributed by atoms with van der Waals surface area (Å²) in [4.78, 5) is 35.4. The fraction of sp³-hybridized carbons (Fsp3) is 0.348. The molecule has 1 aliphatic rings. The molecule has 0 aromatic heterocycles. The molecule has 2 aromatic rings. The third kappa shape index (κ3) is 4.62. The fourth-order valence-electron chi connectivity index (χ4n) is 3.62. The van der Waals surface area contributed by atoms with Gasteiger partial charge in [0.2, 0.25) is 5.91 Å². The minimum absolute atomic E-state index is 0.0434. The van der Waals surface area contributed by atoms with Crippen LogP contribution in [0.25, 0.3) is 11.1 Å². The lowest BCUT2D eigenvalue weighted by atomic mass is 9.98. The molecular formula is C23H26N2O5. The fourth-order valence-corrected chi connectivity index (χ4v) is 3.62. The molecule has 1 aliphatic carbocycles. The predicted molar refractivity (Wildman–Crippen MR) is 112 cm³/mol. The molecule has 3 rings (SSSR count). The van der Waals surface area contributed by atoms with E-state index in [1.807, 2.05) is 36.4 Å². The molecule has 0 unspecified atom stereocenters. The number of hydrogen-bond acceptors (Lipinski definition) is 4. The number of benzene rings is 2. The van der Waals surface area contributed by atoms with Crippen molar-refractivity contribution in [3.63, 3.8) is 0 Å². The maximum absolute atomic E-state index is 12.2. The van der Waals surface area contributed by atoms with E-state index < -0.39 is 29.6 Å². The quantitative estimate of drug-likeness (QED) is 0.650. The minimum atomic E-state index is -1.37. The molecule has 0 fully saturated rings. The molecule has 7 nitrogen and oxygen atoms in total. The molecule has 1 atom stereocenters. The van der Waals surface area contributed by atoms with Gasteiger partial charge in [0.1, 0.15) is 12.1 Å². The summed E-state index contributed by atoms with van der Waals surface area (Å²) in [6.07, 6.45) is -0.671. The zero-order valence-electron chi connectivity index (χ0n) is 17.3. The molecule has 0 saturated heterocycles. The second-order valence-corrected chi connectivity index (χ2v) is 8.05. The summed E-state index contributed by atoms with van der Waals surface area (Å²) in [7, 11) is 0. The Bertz CT molecular complexity index is 924. The van der Waals surface area contributed by atoms with Crippen LogP contribution in [0.2, 0.25) is 0 Å². The van der Waals surface area contributed by atoms with Crippen LogP contribution in [0.3, 0.4) is 0 Å². The van der Waals surface area contributed by atoms with E-state index in [4.69, 9.17) is 9.84 Å². The van der Waals surface area contributed by atoms with Crippen molar-refractivity contribution in [1.29, 1.82) is 0 Å². The van der Waals surface area contributed by atoms with Crippen LogP contribution >= 0.6 is 0 Å². The first-order chi connectivity index (χ1) is 14.2. The molecule has 0 saturated carbocycles. The molecule has 30 heavy (non-hydrogen) atoms. The highest BCUT2D eigenvalue weighted by Crippen LogP contribution is 2.44. The van der Waals surface area contributed by atoms with E-state index >= 15 is 0 Å². The number of nitrogens with one attached hydrogen (secondary N) is 2. The Morgan fingerprint density at radius 2 is 1.57 bits per heavy atom. The summed E-state index contributed by atoms with van der Waals surface area (Å²) in [5.41, 5.74) is 3.16. The summed E-state index contributed by atoms with van der Waals surface area (Å²) < 4.78 is 5.46. The van der Waals surface area contributed by atoms with Gasteiger partial charge in [-0.05, 0) is 43.0 Å². The summed E-state index contributed by atoms with van der Waals surface area (Å²) in [6, 6.07) is 15.6. The van der Waals surface area contributed by atoms with Crippen LogP contribution in [-0.2, 0) is 14.3 Å². The molecule has 0 bridgehead atoms. The first kappa shape index (κ1) is 21.4. The third-order valence-corrected chi connectivity index (χ3v) is 5.19. The number of hydrogen-bond donors (Lipinski definition) is 3. The van der Waals surface area contributed by atoms with Crippen molar-refractivity contribution in [3.05, 3.63) is 59.7 Å². The standard InChI is InChI=1S/C23H26N2O5/c1-14(12-20(26)25-23(2,3)21(27)28)24-22(29)30-13-19-17-10-6-4-8-15(17)16-9-5-7-11-18(16)19/h4-11,14,19H,12-13H2,1-3H3,(H,24,29)(H,25,26)(H,27,28)/t14-/m1/s1. The maximum Gasteiger partial charge on any atom is 0.407 e. The van der Waals surface area contributed by atoms with Crippen LogP contribution in [0.15, 0.2) is 48.5 Å². The van der Waals surface area contributed by atoms with Crippen LogP contribution < -0.4 is 10.6 Å². The van der Waals surface area contributed by atoms with Crippen molar-refractivity contribution >= 4 is 18.0 Å². The van der Waals surface area contributed by atoms with E-state index in [9.17, 15) is 14.4 Å². The second kappa shape index (κ2) is 8.57. The molecule has 2 amide bonds. The number of alkyl carbamates (subject to hydrolysis) is 1. The number of rotatable bonds is 7. The van der Waals surface area contributed by atoms with Crippen LogP contribution in [-0.4, -0.2) is 41.3 Å². The van der Waals surface area contributed by atoms with E-state index in [0.29, 0.717) is 0 Å². The monoisotopic (exact) mass is 410 g/mol. The van der Waals surface area contributed by atoms with E-state index in [1.165, 1.54) is 13.8 Å². The molecule has 7 heteroatoms. The largest absolute Gasteiger partial charge is 0.480 e. The smallest absolute Gasteiger partial charge is 0.407 e. The molecule has 3 N–H and O–H groups in total. The van der Waals surface area contributed by atoms with Crippen molar-refractivity contribution < 1.29 is 24.2 Å². The Morgan fingerprint density at radius 3 is 2.10 bits per heavy atom.